The summed E-state index contributed by atoms with van der Waals surface area (Å²) in [4.78, 5) is 29.8. The molecular formula is C26H30FN3O4. The zero-order valence-electron chi connectivity index (χ0n) is 19.3. The number of carbonyl (C=O) groups excluding carboxylic acids is 2. The molecule has 1 aromatic carbocycles. The van der Waals surface area contributed by atoms with Crippen LogP contribution in [0.5, 0.6) is 5.75 Å². The molecule has 4 saturated carbocycles. The Morgan fingerprint density at radius 2 is 1.91 bits per heavy atom. The number of carbonyl (C=O) groups is 2. The van der Waals surface area contributed by atoms with Gasteiger partial charge < -0.3 is 20.5 Å². The van der Waals surface area contributed by atoms with Gasteiger partial charge in [0.2, 0.25) is 0 Å². The maximum Gasteiger partial charge on any atom is 0.270 e. The minimum atomic E-state index is -0.790. The molecule has 180 valence electrons. The number of aliphatic hydroxyl groups excluding tert-OH is 1. The minimum absolute atomic E-state index is 0.230. The van der Waals surface area contributed by atoms with E-state index in [-0.39, 0.29) is 30.0 Å². The lowest BCUT2D eigenvalue weighted by Crippen LogP contribution is -2.70. The lowest BCUT2D eigenvalue weighted by Gasteiger charge is -2.56. The molecule has 4 aliphatic carbocycles. The number of benzene rings is 1. The van der Waals surface area contributed by atoms with Crippen molar-refractivity contribution < 1.29 is 23.8 Å². The first-order valence-electron chi connectivity index (χ1n) is 11.9. The summed E-state index contributed by atoms with van der Waals surface area (Å²) in [6.07, 6.45) is 6.13. The molecule has 8 heteroatoms. The summed E-state index contributed by atoms with van der Waals surface area (Å²) in [7, 11) is 0. The molecule has 0 aliphatic heterocycles. The fourth-order valence-electron chi connectivity index (χ4n) is 5.29. The highest BCUT2D eigenvalue weighted by molar-refractivity contribution is 5.92. The number of ether oxygens (including phenoxy) is 1. The highest BCUT2D eigenvalue weighted by atomic mass is 19.1. The summed E-state index contributed by atoms with van der Waals surface area (Å²) in [5.74, 6) is -0.116. The Labute approximate surface area is 198 Å². The van der Waals surface area contributed by atoms with Gasteiger partial charge in [0.15, 0.2) is 6.61 Å². The van der Waals surface area contributed by atoms with E-state index in [0.29, 0.717) is 49.3 Å². The standard InChI is InChI=1S/C26H30FN3O4/c1-16-2-6-19(12-20(16)27)34-15-23(32)29-26-10-8-25(9-11-26,13-22(26)31)30-24(33)21-7-5-18(14-28-21)17-3-4-17/h2,5-7,12,14,17,22,31H,3-4,8-11,13,15H2,1H3,(H,29,32)(H,30,33). The fraction of sp³-hybridized carbons (Fsp3) is 0.500. The summed E-state index contributed by atoms with van der Waals surface area (Å²) in [6, 6.07) is 8.21. The van der Waals surface area contributed by atoms with Crippen molar-refractivity contribution in [2.45, 2.75) is 75.0 Å². The normalized spacial score (nSPS) is 27.8. The van der Waals surface area contributed by atoms with Gasteiger partial charge in [-0.2, -0.15) is 0 Å². The Balaban J connectivity index is 1.16. The third-order valence-corrected chi connectivity index (χ3v) is 7.67. The van der Waals surface area contributed by atoms with Crippen LogP contribution in [0.25, 0.3) is 0 Å². The second-order valence-electron chi connectivity index (χ2n) is 10.1. The van der Waals surface area contributed by atoms with Crippen molar-refractivity contribution in [1.82, 2.24) is 15.6 Å². The first kappa shape index (κ1) is 22.8. The smallest absolute Gasteiger partial charge is 0.270 e. The van der Waals surface area contributed by atoms with E-state index in [1.54, 1.807) is 31.3 Å². The number of amides is 2. The lowest BCUT2D eigenvalue weighted by molar-refractivity contribution is -0.132. The largest absolute Gasteiger partial charge is 0.484 e. The predicted octanol–water partition coefficient (Wildman–Crippen LogP) is 3.15. The molecule has 1 aromatic heterocycles. The van der Waals surface area contributed by atoms with E-state index in [1.807, 2.05) is 6.07 Å². The van der Waals surface area contributed by atoms with Gasteiger partial charge in [0.1, 0.15) is 17.3 Å². The van der Waals surface area contributed by atoms with Crippen molar-refractivity contribution in [1.29, 1.82) is 0 Å². The Morgan fingerprint density at radius 1 is 1.15 bits per heavy atom. The van der Waals surface area contributed by atoms with Gasteiger partial charge in [0.25, 0.3) is 11.8 Å². The van der Waals surface area contributed by atoms with Crippen LogP contribution in [0.2, 0.25) is 0 Å². The molecular weight excluding hydrogens is 437 g/mol. The van der Waals surface area contributed by atoms with Crippen LogP contribution >= 0.6 is 0 Å². The van der Waals surface area contributed by atoms with Gasteiger partial charge in [-0.1, -0.05) is 12.1 Å². The van der Waals surface area contributed by atoms with Gasteiger partial charge in [-0.15, -0.1) is 0 Å². The van der Waals surface area contributed by atoms with Gasteiger partial charge in [-0.25, -0.2) is 4.39 Å². The maximum absolute atomic E-state index is 13.7. The number of rotatable bonds is 7. The Bertz CT molecular complexity index is 1090. The molecule has 1 heterocycles. The van der Waals surface area contributed by atoms with Crippen LogP contribution in [0.4, 0.5) is 4.39 Å². The summed E-state index contributed by atoms with van der Waals surface area (Å²) >= 11 is 0. The molecule has 6 rings (SSSR count). The fourth-order valence-corrected chi connectivity index (χ4v) is 5.29. The zero-order valence-corrected chi connectivity index (χ0v) is 19.3. The molecule has 4 aliphatic rings. The number of pyridine rings is 1. The second-order valence-corrected chi connectivity index (χ2v) is 10.1. The van der Waals surface area contributed by atoms with Crippen LogP contribution in [-0.4, -0.2) is 45.7 Å². The van der Waals surface area contributed by atoms with Crippen LogP contribution in [0.1, 0.15) is 72.5 Å². The number of aromatic nitrogens is 1. The summed E-state index contributed by atoms with van der Waals surface area (Å²) in [5.41, 5.74) is 0.821. The second kappa shape index (κ2) is 8.65. The summed E-state index contributed by atoms with van der Waals surface area (Å²) in [5, 5.41) is 17.0. The highest BCUT2D eigenvalue weighted by Crippen LogP contribution is 2.47. The molecule has 34 heavy (non-hydrogen) atoms. The number of nitrogens with zero attached hydrogens (tertiary/aromatic N) is 1. The average Bonchev–Trinajstić information content (AvgIpc) is 3.67. The van der Waals surface area contributed by atoms with Crippen molar-refractivity contribution in [3.63, 3.8) is 0 Å². The summed E-state index contributed by atoms with van der Waals surface area (Å²) in [6.45, 7) is 1.39. The average molecular weight is 468 g/mol. The molecule has 4 fully saturated rings. The molecule has 1 unspecified atom stereocenters. The molecule has 0 radical (unpaired) electrons. The topological polar surface area (TPSA) is 101 Å². The highest BCUT2D eigenvalue weighted by Gasteiger charge is 2.55. The van der Waals surface area contributed by atoms with Crippen LogP contribution in [0.15, 0.2) is 36.5 Å². The van der Waals surface area contributed by atoms with Crippen LogP contribution in [0, 0.1) is 12.7 Å². The van der Waals surface area contributed by atoms with Crippen molar-refractivity contribution in [2.75, 3.05) is 6.61 Å². The molecule has 0 spiro atoms. The number of aryl methyl sites for hydroxylation is 1. The molecule has 1 atom stereocenters. The van der Waals surface area contributed by atoms with Crippen LogP contribution < -0.4 is 15.4 Å². The van der Waals surface area contributed by atoms with Crippen molar-refractivity contribution in [2.24, 2.45) is 0 Å². The molecule has 2 aromatic rings. The molecule has 7 nitrogen and oxygen atoms in total. The van der Waals surface area contributed by atoms with Crippen molar-refractivity contribution in [3.8, 4) is 5.75 Å². The van der Waals surface area contributed by atoms with Gasteiger partial charge in [0, 0.05) is 17.8 Å². The van der Waals surface area contributed by atoms with E-state index >= 15 is 0 Å². The maximum atomic E-state index is 13.7. The van der Waals surface area contributed by atoms with E-state index in [4.69, 9.17) is 4.74 Å². The third kappa shape index (κ3) is 4.51. The van der Waals surface area contributed by atoms with Crippen LogP contribution in [0.3, 0.4) is 0 Å². The summed E-state index contributed by atoms with van der Waals surface area (Å²) < 4.78 is 19.1. The van der Waals surface area contributed by atoms with E-state index < -0.39 is 17.2 Å². The lowest BCUT2D eigenvalue weighted by atomic mass is 9.60. The Kier molecular flexibility index (Phi) is 5.80. The van der Waals surface area contributed by atoms with Gasteiger partial charge >= 0.3 is 0 Å². The van der Waals surface area contributed by atoms with Crippen LogP contribution in [-0.2, 0) is 4.79 Å². The molecule has 3 N–H and O–H groups in total. The van der Waals surface area contributed by atoms with Crippen molar-refractivity contribution >= 4 is 11.8 Å². The van der Waals surface area contributed by atoms with Gasteiger partial charge in [-0.3, -0.25) is 14.6 Å². The first-order chi connectivity index (χ1) is 16.3. The monoisotopic (exact) mass is 467 g/mol. The van der Waals surface area contributed by atoms with E-state index in [2.05, 4.69) is 15.6 Å². The minimum Gasteiger partial charge on any atom is -0.484 e. The zero-order chi connectivity index (χ0) is 23.9. The van der Waals surface area contributed by atoms with Gasteiger partial charge in [-0.05, 0) is 81.0 Å². The number of hydrogen-bond acceptors (Lipinski definition) is 5. The quantitative estimate of drug-likeness (QED) is 0.581. The van der Waals surface area contributed by atoms with Crippen molar-refractivity contribution in [3.05, 3.63) is 59.2 Å². The number of nitrogens with one attached hydrogen (secondary N) is 2. The first-order valence-corrected chi connectivity index (χ1v) is 11.9. The molecule has 0 saturated heterocycles. The number of hydrogen-bond donors (Lipinski definition) is 3. The number of fused-ring (bicyclic) bond motifs is 3. The van der Waals surface area contributed by atoms with E-state index in [9.17, 15) is 19.1 Å². The number of aliphatic hydroxyl groups is 1. The molecule has 2 amide bonds. The Hall–Kier alpha value is -3.00. The van der Waals surface area contributed by atoms with Gasteiger partial charge in [0.05, 0.1) is 11.6 Å². The SMILES string of the molecule is Cc1ccc(OCC(=O)NC23CCC(NC(=O)c4ccc(C5CC5)cn4)(CC2)CC3O)cc1F. The number of halogens is 1. The Morgan fingerprint density at radius 3 is 2.53 bits per heavy atom. The third-order valence-electron chi connectivity index (χ3n) is 7.67. The van der Waals surface area contributed by atoms with E-state index in [1.165, 1.54) is 24.5 Å². The molecule has 2 bridgehead atoms. The van der Waals surface area contributed by atoms with E-state index in [0.717, 1.165) is 0 Å². The predicted molar refractivity (Wildman–Crippen MR) is 123 cm³/mol.